The van der Waals surface area contributed by atoms with Crippen molar-refractivity contribution >= 4 is 8.24 Å². The van der Waals surface area contributed by atoms with Crippen LogP contribution in [0.2, 0.25) is 18.6 Å². The summed E-state index contributed by atoms with van der Waals surface area (Å²) in [5.74, 6) is 0. The Morgan fingerprint density at radius 2 is 1.19 bits per heavy atom. The van der Waals surface area contributed by atoms with Crippen molar-refractivity contribution in [2.45, 2.75) is 98.3 Å². The topological polar surface area (TPSA) is 12.0 Å². The van der Waals surface area contributed by atoms with E-state index in [0.717, 1.165) is 0 Å². The average molecular weight is 308 g/mol. The predicted molar refractivity (Wildman–Crippen MR) is 99.3 cm³/mol. The van der Waals surface area contributed by atoms with Gasteiger partial charge in [0.25, 0.3) is 0 Å². The van der Waals surface area contributed by atoms with Crippen molar-refractivity contribution < 1.29 is 0 Å². The van der Waals surface area contributed by atoms with E-state index < -0.39 is 8.24 Å². The number of allylic oxidation sites excluding steroid dienone is 4. The highest BCUT2D eigenvalue weighted by Gasteiger charge is 2.43. The molecule has 1 nitrogen and oxygen atoms in total. The van der Waals surface area contributed by atoms with Crippen LogP contribution in [0, 0.1) is 0 Å². The molecule has 1 rings (SSSR count). The molecule has 1 aliphatic rings. The fourth-order valence-electron chi connectivity index (χ4n) is 4.57. The van der Waals surface area contributed by atoms with Crippen LogP contribution in [0.5, 0.6) is 0 Å². The average Bonchev–Trinajstić information content (AvgIpc) is 2.68. The van der Waals surface area contributed by atoms with Gasteiger partial charge < -0.3 is 4.98 Å². The molecule has 21 heavy (non-hydrogen) atoms. The van der Waals surface area contributed by atoms with Gasteiger partial charge in [-0.1, -0.05) is 51.9 Å². The third-order valence-electron chi connectivity index (χ3n) is 4.72. The molecule has 0 unspecified atom stereocenters. The van der Waals surface area contributed by atoms with Crippen molar-refractivity contribution in [1.82, 2.24) is 4.98 Å². The Hall–Kier alpha value is -0.343. The van der Waals surface area contributed by atoms with Crippen LogP contribution in [-0.4, -0.2) is 13.8 Å². The lowest BCUT2D eigenvalue weighted by Crippen LogP contribution is -2.57. The fourth-order valence-corrected chi connectivity index (χ4v) is 9.15. The summed E-state index contributed by atoms with van der Waals surface area (Å²) in [6, 6.07) is 0. The summed E-state index contributed by atoms with van der Waals surface area (Å²) in [5.41, 5.74) is 7.79. The van der Waals surface area contributed by atoms with E-state index in [4.69, 9.17) is 0 Å². The summed E-state index contributed by atoms with van der Waals surface area (Å²) in [7, 11) is -1.56. The van der Waals surface area contributed by atoms with E-state index in [1.807, 2.05) is 0 Å². The van der Waals surface area contributed by atoms with Crippen LogP contribution in [-0.2, 0) is 0 Å². The fraction of sp³-hybridized carbons (Fsp3) is 0.789. The summed E-state index contributed by atoms with van der Waals surface area (Å²) in [4.78, 5) is 4.03. The number of rotatable bonds is 6. The smallest absolute Gasteiger partial charge is 0.131 e. The van der Waals surface area contributed by atoms with Crippen molar-refractivity contribution in [2.24, 2.45) is 0 Å². The van der Waals surface area contributed by atoms with E-state index in [2.05, 4.69) is 66.5 Å². The van der Waals surface area contributed by atoms with E-state index >= 15 is 0 Å². The molecule has 0 aliphatic heterocycles. The van der Waals surface area contributed by atoms with Crippen molar-refractivity contribution in [2.75, 3.05) is 0 Å². The second kappa shape index (κ2) is 6.83. The standard InChI is InChI=1S/C19H37NSi/c1-10-14-15(11-2)17(13-4)18(16(14)12-3)21(8,9)20-19(5,6)7/h18,20H,10-13H2,1-9H3. The van der Waals surface area contributed by atoms with E-state index in [0.29, 0.717) is 5.54 Å². The van der Waals surface area contributed by atoms with Gasteiger partial charge in [0.15, 0.2) is 0 Å². The second-order valence-electron chi connectivity index (χ2n) is 7.95. The minimum atomic E-state index is -1.56. The highest BCUT2D eigenvalue weighted by molar-refractivity contribution is 6.78. The van der Waals surface area contributed by atoms with Gasteiger partial charge in [-0.25, -0.2) is 0 Å². The Labute approximate surface area is 134 Å². The quantitative estimate of drug-likeness (QED) is 0.576. The third kappa shape index (κ3) is 3.90. The van der Waals surface area contributed by atoms with Crippen LogP contribution in [0.3, 0.4) is 0 Å². The first-order valence-electron chi connectivity index (χ1n) is 8.86. The van der Waals surface area contributed by atoms with Crippen LogP contribution in [0.25, 0.3) is 0 Å². The molecule has 0 bridgehead atoms. The third-order valence-corrected chi connectivity index (χ3v) is 8.26. The molecule has 0 saturated carbocycles. The minimum Gasteiger partial charge on any atom is -0.332 e. The molecule has 0 radical (unpaired) electrons. The summed E-state index contributed by atoms with van der Waals surface area (Å²) in [6.07, 6.45) is 4.82. The predicted octanol–water partition coefficient (Wildman–Crippen LogP) is 6.20. The zero-order valence-electron chi connectivity index (χ0n) is 15.9. The van der Waals surface area contributed by atoms with Gasteiger partial charge in [-0.15, -0.1) is 0 Å². The molecule has 0 heterocycles. The normalized spacial score (nSPS) is 18.1. The Kier molecular flexibility index (Phi) is 6.08. The first kappa shape index (κ1) is 18.7. The number of nitrogens with one attached hydrogen (secondary N) is 1. The Morgan fingerprint density at radius 3 is 1.43 bits per heavy atom. The summed E-state index contributed by atoms with van der Waals surface area (Å²) in [6.45, 7) is 21.4. The van der Waals surface area contributed by atoms with Gasteiger partial charge in [0.2, 0.25) is 0 Å². The molecule has 0 fully saturated rings. The molecule has 2 heteroatoms. The van der Waals surface area contributed by atoms with Gasteiger partial charge in [-0.05, 0) is 57.6 Å². The van der Waals surface area contributed by atoms with Gasteiger partial charge in [0.05, 0.1) is 0 Å². The first-order valence-corrected chi connectivity index (χ1v) is 11.9. The Bertz CT molecular complexity index is 407. The highest BCUT2D eigenvalue weighted by Crippen LogP contribution is 2.50. The van der Waals surface area contributed by atoms with Crippen LogP contribution in [0.1, 0.15) is 74.1 Å². The molecule has 0 atom stereocenters. The number of hydrogen-bond acceptors (Lipinski definition) is 1. The van der Waals surface area contributed by atoms with Gasteiger partial charge in [-0.3, -0.25) is 0 Å². The molecule has 0 amide bonds. The first-order chi connectivity index (χ1) is 9.62. The molecular formula is C19H37NSi. The largest absolute Gasteiger partial charge is 0.332 e. The molecule has 1 N–H and O–H groups in total. The molecule has 1 aliphatic carbocycles. The molecule has 0 spiro atoms. The van der Waals surface area contributed by atoms with Gasteiger partial charge >= 0.3 is 0 Å². The number of hydrogen-bond donors (Lipinski definition) is 1. The van der Waals surface area contributed by atoms with Crippen molar-refractivity contribution in [1.29, 1.82) is 0 Å². The highest BCUT2D eigenvalue weighted by atomic mass is 28.3. The van der Waals surface area contributed by atoms with E-state index in [-0.39, 0.29) is 5.54 Å². The van der Waals surface area contributed by atoms with Crippen molar-refractivity contribution in [3.8, 4) is 0 Å². The summed E-state index contributed by atoms with van der Waals surface area (Å²) in [5, 5.41) is 0. The van der Waals surface area contributed by atoms with Crippen LogP contribution >= 0.6 is 0 Å². The van der Waals surface area contributed by atoms with Crippen LogP contribution in [0.15, 0.2) is 22.3 Å². The van der Waals surface area contributed by atoms with E-state index in [1.54, 1.807) is 22.3 Å². The maximum absolute atomic E-state index is 4.03. The lowest BCUT2D eigenvalue weighted by molar-refractivity contribution is 0.508. The molecule has 0 aromatic carbocycles. The molecule has 0 saturated heterocycles. The molecule has 122 valence electrons. The second-order valence-corrected chi connectivity index (χ2v) is 12.2. The van der Waals surface area contributed by atoms with Gasteiger partial charge in [0, 0.05) is 11.1 Å². The molecule has 0 aromatic heterocycles. The van der Waals surface area contributed by atoms with Crippen LogP contribution in [0.4, 0.5) is 0 Å². The van der Waals surface area contributed by atoms with Crippen LogP contribution < -0.4 is 4.98 Å². The van der Waals surface area contributed by atoms with Gasteiger partial charge in [-0.2, -0.15) is 0 Å². The zero-order chi connectivity index (χ0) is 16.4. The lowest BCUT2D eigenvalue weighted by Gasteiger charge is -2.40. The SMILES string of the molecule is CCC1=C(CC)C([Si](C)(C)NC(C)(C)C)C(CC)=C1CC. The van der Waals surface area contributed by atoms with E-state index in [9.17, 15) is 0 Å². The Balaban J connectivity index is 3.37. The van der Waals surface area contributed by atoms with Crippen molar-refractivity contribution in [3.63, 3.8) is 0 Å². The Morgan fingerprint density at radius 1 is 0.810 bits per heavy atom. The summed E-state index contributed by atoms with van der Waals surface area (Å²) < 4.78 is 0. The minimum absolute atomic E-state index is 0.203. The molecule has 0 aromatic rings. The maximum Gasteiger partial charge on any atom is 0.131 e. The zero-order valence-corrected chi connectivity index (χ0v) is 16.9. The molecular weight excluding hydrogens is 270 g/mol. The lowest BCUT2D eigenvalue weighted by atomic mass is 9.99. The summed E-state index contributed by atoms with van der Waals surface area (Å²) >= 11 is 0. The maximum atomic E-state index is 4.03. The monoisotopic (exact) mass is 307 g/mol. The van der Waals surface area contributed by atoms with Gasteiger partial charge in [0.1, 0.15) is 8.24 Å². The van der Waals surface area contributed by atoms with E-state index in [1.165, 1.54) is 25.7 Å². The van der Waals surface area contributed by atoms with Crippen molar-refractivity contribution in [3.05, 3.63) is 22.3 Å².